The summed E-state index contributed by atoms with van der Waals surface area (Å²) in [5, 5.41) is 7.67. The molecule has 0 saturated carbocycles. The van der Waals surface area contributed by atoms with Gasteiger partial charge in [-0.2, -0.15) is 5.10 Å². The number of halogens is 1. The predicted octanol–water partition coefficient (Wildman–Crippen LogP) is 2.47. The van der Waals surface area contributed by atoms with Crippen LogP contribution in [0.15, 0.2) is 26.8 Å². The zero-order valence-corrected chi connectivity index (χ0v) is 12.1. The van der Waals surface area contributed by atoms with Crippen LogP contribution in [0.5, 0.6) is 0 Å². The number of aromatic nitrogens is 2. The fourth-order valence-electron chi connectivity index (χ4n) is 2.04. The summed E-state index contributed by atoms with van der Waals surface area (Å²) >= 11 is 5.05. The lowest BCUT2D eigenvalue weighted by Gasteiger charge is -2.17. The molecule has 6 heteroatoms. The monoisotopic (exact) mass is 325 g/mol. The molecule has 94 valence electrons. The number of nitrogens with one attached hydrogen (secondary N) is 1. The number of aryl methyl sites for hydroxylation is 1. The second-order valence-electron chi connectivity index (χ2n) is 4.24. The Bertz CT molecular complexity index is 634. The van der Waals surface area contributed by atoms with Crippen molar-refractivity contribution in [2.75, 3.05) is 11.9 Å². The van der Waals surface area contributed by atoms with Crippen LogP contribution >= 0.6 is 27.3 Å². The van der Waals surface area contributed by atoms with Crippen LogP contribution in [0.1, 0.15) is 17.0 Å². The fraction of sp³-hybridized carbons (Fsp3) is 0.333. The van der Waals surface area contributed by atoms with E-state index in [1.807, 2.05) is 12.1 Å². The van der Waals surface area contributed by atoms with Crippen molar-refractivity contribution in [3.05, 3.63) is 42.9 Å². The third-order valence-electron chi connectivity index (χ3n) is 2.91. The maximum Gasteiger partial charge on any atom is 0.269 e. The molecule has 2 aromatic rings. The van der Waals surface area contributed by atoms with Crippen molar-refractivity contribution in [2.45, 2.75) is 19.4 Å². The molecule has 3 heterocycles. The molecule has 1 N–H and O–H groups in total. The van der Waals surface area contributed by atoms with Crippen molar-refractivity contribution in [3.8, 4) is 0 Å². The van der Waals surface area contributed by atoms with E-state index < -0.39 is 0 Å². The first kappa shape index (κ1) is 11.9. The lowest BCUT2D eigenvalue weighted by atomic mass is 10.1. The Balaban J connectivity index is 1.94. The topological polar surface area (TPSA) is 46.9 Å². The lowest BCUT2D eigenvalue weighted by molar-refractivity contribution is 0.613. The first-order chi connectivity index (χ1) is 8.72. The first-order valence-electron chi connectivity index (χ1n) is 5.81. The van der Waals surface area contributed by atoms with Gasteiger partial charge in [-0.25, -0.2) is 4.68 Å². The molecule has 0 fully saturated rings. The highest BCUT2D eigenvalue weighted by molar-refractivity contribution is 9.11. The van der Waals surface area contributed by atoms with Crippen LogP contribution in [0.4, 0.5) is 5.69 Å². The molecular weight excluding hydrogens is 314 g/mol. The summed E-state index contributed by atoms with van der Waals surface area (Å²) < 4.78 is 2.62. The van der Waals surface area contributed by atoms with Crippen molar-refractivity contribution in [1.29, 1.82) is 0 Å². The highest BCUT2D eigenvalue weighted by atomic mass is 79.9. The van der Waals surface area contributed by atoms with Crippen molar-refractivity contribution in [1.82, 2.24) is 9.78 Å². The quantitative estimate of drug-likeness (QED) is 0.922. The largest absolute Gasteiger partial charge is 0.383 e. The minimum absolute atomic E-state index is 0.0485. The Labute approximate surface area is 117 Å². The maximum atomic E-state index is 12.0. The highest BCUT2D eigenvalue weighted by Crippen LogP contribution is 2.23. The molecule has 0 aromatic carbocycles. The minimum Gasteiger partial charge on any atom is -0.383 e. The van der Waals surface area contributed by atoms with Gasteiger partial charge in [0.2, 0.25) is 0 Å². The van der Waals surface area contributed by atoms with E-state index in [1.54, 1.807) is 22.1 Å². The Hall–Kier alpha value is -1.14. The molecule has 4 nitrogen and oxygen atoms in total. The predicted molar refractivity (Wildman–Crippen MR) is 76.4 cm³/mol. The molecule has 0 spiro atoms. The highest BCUT2D eigenvalue weighted by Gasteiger charge is 2.13. The van der Waals surface area contributed by atoms with Crippen LogP contribution in [-0.4, -0.2) is 16.3 Å². The molecule has 0 bridgehead atoms. The minimum atomic E-state index is -0.0485. The van der Waals surface area contributed by atoms with Crippen LogP contribution < -0.4 is 10.9 Å². The molecule has 0 aliphatic carbocycles. The average molecular weight is 326 g/mol. The van der Waals surface area contributed by atoms with Gasteiger partial charge in [0.25, 0.3) is 5.56 Å². The van der Waals surface area contributed by atoms with Crippen LogP contribution in [0.25, 0.3) is 0 Å². The Morgan fingerprint density at radius 1 is 1.50 bits per heavy atom. The van der Waals surface area contributed by atoms with Gasteiger partial charge in [-0.3, -0.25) is 4.79 Å². The van der Waals surface area contributed by atoms with Crippen molar-refractivity contribution in [3.63, 3.8) is 0 Å². The molecule has 2 aromatic heterocycles. The molecule has 0 amide bonds. The molecule has 0 unspecified atom stereocenters. The smallest absolute Gasteiger partial charge is 0.269 e. The number of hydrogen-bond donors (Lipinski definition) is 1. The summed E-state index contributed by atoms with van der Waals surface area (Å²) in [7, 11) is 0. The van der Waals surface area contributed by atoms with Gasteiger partial charge in [-0.1, -0.05) is 0 Å². The normalized spacial score (nSPS) is 14.1. The van der Waals surface area contributed by atoms with E-state index in [-0.39, 0.29) is 5.56 Å². The molecule has 3 rings (SSSR count). The molecule has 1 aliphatic rings. The molecule has 0 saturated heterocycles. The van der Waals surface area contributed by atoms with Crippen LogP contribution in [0.3, 0.4) is 0 Å². The standard InChI is InChI=1S/C12H12BrN3OS/c13-11-4-3-8(18-11)7-16-12(17)6-10-9(15-16)2-1-5-14-10/h3-4,6,14H,1-2,5,7H2. The number of nitrogens with zero attached hydrogens (tertiary/aromatic N) is 2. The van der Waals surface area contributed by atoms with Gasteiger partial charge in [0.1, 0.15) is 0 Å². The van der Waals surface area contributed by atoms with E-state index in [0.717, 1.165) is 39.4 Å². The number of thiophene rings is 1. The van der Waals surface area contributed by atoms with E-state index in [9.17, 15) is 4.79 Å². The Kier molecular flexibility index (Phi) is 3.22. The number of fused-ring (bicyclic) bond motifs is 1. The summed E-state index contributed by atoms with van der Waals surface area (Å²) in [6.07, 6.45) is 2.01. The first-order valence-corrected chi connectivity index (χ1v) is 7.42. The van der Waals surface area contributed by atoms with E-state index in [0.29, 0.717) is 6.54 Å². The van der Waals surface area contributed by atoms with Crippen molar-refractivity contribution in [2.24, 2.45) is 0 Å². The van der Waals surface area contributed by atoms with E-state index in [2.05, 4.69) is 26.3 Å². The maximum absolute atomic E-state index is 12.0. The second kappa shape index (κ2) is 4.85. The summed E-state index contributed by atoms with van der Waals surface area (Å²) in [5.74, 6) is 0. The van der Waals surface area contributed by atoms with E-state index in [1.165, 1.54) is 0 Å². The zero-order chi connectivity index (χ0) is 12.5. The molecule has 18 heavy (non-hydrogen) atoms. The van der Waals surface area contributed by atoms with Gasteiger partial charge in [0.15, 0.2) is 0 Å². The fourth-order valence-corrected chi connectivity index (χ4v) is 3.51. The Morgan fingerprint density at radius 3 is 3.17 bits per heavy atom. The van der Waals surface area contributed by atoms with Gasteiger partial charge < -0.3 is 5.32 Å². The van der Waals surface area contributed by atoms with Crippen LogP contribution in [0.2, 0.25) is 0 Å². The summed E-state index contributed by atoms with van der Waals surface area (Å²) in [6.45, 7) is 1.47. The molecule has 0 radical (unpaired) electrons. The van der Waals surface area contributed by atoms with Gasteiger partial charge in [0.05, 0.1) is 21.7 Å². The molecule has 1 aliphatic heterocycles. The number of hydrogen-bond acceptors (Lipinski definition) is 4. The number of anilines is 1. The molecular formula is C12H12BrN3OS. The Morgan fingerprint density at radius 2 is 2.39 bits per heavy atom. The van der Waals surface area contributed by atoms with E-state index in [4.69, 9.17) is 0 Å². The summed E-state index contributed by atoms with van der Waals surface area (Å²) in [5.41, 5.74) is 1.85. The van der Waals surface area contributed by atoms with Gasteiger partial charge >= 0.3 is 0 Å². The summed E-state index contributed by atoms with van der Waals surface area (Å²) in [6, 6.07) is 5.66. The van der Waals surface area contributed by atoms with Gasteiger partial charge in [-0.15, -0.1) is 11.3 Å². The van der Waals surface area contributed by atoms with Crippen LogP contribution in [0, 0.1) is 0 Å². The lowest BCUT2D eigenvalue weighted by Crippen LogP contribution is -2.27. The van der Waals surface area contributed by atoms with Crippen molar-refractivity contribution < 1.29 is 0 Å². The zero-order valence-electron chi connectivity index (χ0n) is 9.65. The second-order valence-corrected chi connectivity index (χ2v) is 6.78. The van der Waals surface area contributed by atoms with Gasteiger partial charge in [0, 0.05) is 17.5 Å². The SMILES string of the molecule is O=c1cc2c(nn1Cc1ccc(Br)s1)CCCN2. The van der Waals surface area contributed by atoms with Crippen molar-refractivity contribution >= 4 is 33.0 Å². The molecule has 0 atom stereocenters. The third-order valence-corrected chi connectivity index (χ3v) is 4.52. The van der Waals surface area contributed by atoms with Gasteiger partial charge in [-0.05, 0) is 40.9 Å². The summed E-state index contributed by atoms with van der Waals surface area (Å²) in [4.78, 5) is 13.1. The third kappa shape index (κ3) is 2.35. The van der Waals surface area contributed by atoms with Crippen LogP contribution in [-0.2, 0) is 13.0 Å². The van der Waals surface area contributed by atoms with E-state index >= 15 is 0 Å². The average Bonchev–Trinajstić information content (AvgIpc) is 2.76. The number of rotatable bonds is 2.